The lowest BCUT2D eigenvalue weighted by Gasteiger charge is -2.50. The van der Waals surface area contributed by atoms with Crippen LogP contribution in [-0.4, -0.2) is 62.8 Å². The van der Waals surface area contributed by atoms with E-state index in [0.29, 0.717) is 13.0 Å². The number of esters is 1. The molecule has 1 fully saturated rings. The Bertz CT molecular complexity index is 719. The number of aliphatic hydroxyl groups is 2. The van der Waals surface area contributed by atoms with Crippen molar-refractivity contribution in [2.24, 2.45) is 5.92 Å². The van der Waals surface area contributed by atoms with E-state index >= 15 is 0 Å². The molecule has 0 unspecified atom stereocenters. The van der Waals surface area contributed by atoms with Gasteiger partial charge in [0, 0.05) is 13.0 Å². The van der Waals surface area contributed by atoms with Crippen molar-refractivity contribution < 1.29 is 33.6 Å². The molecule has 2 rings (SSSR count). The Morgan fingerprint density at radius 3 is 2.41 bits per heavy atom. The molecular weight excluding hydrogens is 428 g/mol. The number of benzene rings is 1. The summed E-state index contributed by atoms with van der Waals surface area (Å²) in [6, 6.07) is 9.73. The summed E-state index contributed by atoms with van der Waals surface area (Å²) in [6.07, 6.45) is -0.739. The number of rotatable bonds is 10. The van der Waals surface area contributed by atoms with E-state index in [4.69, 9.17) is 18.6 Å². The van der Waals surface area contributed by atoms with Crippen LogP contribution in [0.5, 0.6) is 0 Å². The quantitative estimate of drug-likeness (QED) is 0.234. The Hall–Kier alpha value is -1.29. The molecule has 8 heteroatoms. The molecular formula is C24H40O7Si. The van der Waals surface area contributed by atoms with Gasteiger partial charge in [0.2, 0.25) is 0 Å². The normalized spacial score (nSPS) is 26.7. The van der Waals surface area contributed by atoms with Crippen LogP contribution in [0.1, 0.15) is 45.6 Å². The van der Waals surface area contributed by atoms with Crippen molar-refractivity contribution in [3.8, 4) is 0 Å². The topological polar surface area (TPSA) is 94.5 Å². The molecule has 0 radical (unpaired) electrons. The highest BCUT2D eigenvalue weighted by atomic mass is 28.4. The molecule has 1 aliphatic carbocycles. The molecule has 0 bridgehead atoms. The molecule has 182 valence electrons. The van der Waals surface area contributed by atoms with Crippen LogP contribution in [0, 0.1) is 5.92 Å². The van der Waals surface area contributed by atoms with Crippen LogP contribution in [0.3, 0.4) is 0 Å². The minimum Gasteiger partial charge on any atom is -0.467 e. The Kier molecular flexibility index (Phi) is 9.45. The van der Waals surface area contributed by atoms with E-state index in [1.54, 1.807) is 0 Å². The van der Waals surface area contributed by atoms with E-state index < -0.39 is 32.1 Å². The van der Waals surface area contributed by atoms with Crippen molar-refractivity contribution >= 4 is 14.3 Å². The lowest BCUT2D eigenvalue weighted by atomic mass is 9.73. The van der Waals surface area contributed by atoms with Crippen molar-refractivity contribution in [1.29, 1.82) is 0 Å². The molecule has 1 saturated carbocycles. The van der Waals surface area contributed by atoms with Crippen LogP contribution < -0.4 is 0 Å². The largest absolute Gasteiger partial charge is 0.467 e. The van der Waals surface area contributed by atoms with E-state index in [2.05, 4.69) is 33.9 Å². The molecule has 32 heavy (non-hydrogen) atoms. The lowest BCUT2D eigenvalue weighted by molar-refractivity contribution is -0.200. The highest BCUT2D eigenvalue weighted by Gasteiger charge is 2.56. The SMILES string of the molecule is COC(=O)[C@]1(O[Si](C)(C)C(C)(C)C)C[C@@H](CCO)[C@@H](O)[C@H](OCOCc2ccccc2)C1. The number of carbonyl (C=O) groups is 1. The Balaban J connectivity index is 2.20. The molecule has 0 aliphatic heterocycles. The summed E-state index contributed by atoms with van der Waals surface area (Å²) in [5.41, 5.74) is -0.218. The van der Waals surface area contributed by atoms with Gasteiger partial charge in [-0.25, -0.2) is 4.79 Å². The summed E-state index contributed by atoms with van der Waals surface area (Å²) < 4.78 is 23.4. The van der Waals surface area contributed by atoms with Crippen LogP contribution in [0.4, 0.5) is 0 Å². The van der Waals surface area contributed by atoms with Crippen molar-refractivity contribution in [2.75, 3.05) is 20.5 Å². The molecule has 7 nitrogen and oxygen atoms in total. The van der Waals surface area contributed by atoms with Gasteiger partial charge in [-0.15, -0.1) is 0 Å². The van der Waals surface area contributed by atoms with Crippen LogP contribution >= 0.6 is 0 Å². The fourth-order valence-corrected chi connectivity index (χ4v) is 5.49. The number of hydrogen-bond acceptors (Lipinski definition) is 7. The molecule has 1 aliphatic rings. The smallest absolute Gasteiger partial charge is 0.337 e. The molecule has 0 amide bonds. The molecule has 0 heterocycles. The van der Waals surface area contributed by atoms with Crippen molar-refractivity contribution in [3.63, 3.8) is 0 Å². The third-order valence-electron chi connectivity index (χ3n) is 6.78. The monoisotopic (exact) mass is 468 g/mol. The standard InChI is InChI=1S/C24H40O7Si/c1-23(2,3)32(5,6)31-24(22(27)28-4)14-19(12-13-25)21(26)20(15-24)30-17-29-16-18-10-8-7-9-11-18/h7-11,19-21,25-26H,12-17H2,1-6H3/t19-,20-,21-,24+/m1/s1. The first-order chi connectivity index (χ1) is 15.0. The van der Waals surface area contributed by atoms with Gasteiger partial charge in [0.15, 0.2) is 13.9 Å². The Morgan fingerprint density at radius 1 is 1.19 bits per heavy atom. The third-order valence-corrected chi connectivity index (χ3v) is 11.3. The highest BCUT2D eigenvalue weighted by molar-refractivity contribution is 6.74. The molecule has 0 spiro atoms. The van der Waals surface area contributed by atoms with Crippen LogP contribution in [0.2, 0.25) is 18.1 Å². The summed E-state index contributed by atoms with van der Waals surface area (Å²) in [4.78, 5) is 13.1. The van der Waals surface area contributed by atoms with Gasteiger partial charge in [-0.3, -0.25) is 0 Å². The maximum atomic E-state index is 13.1. The molecule has 0 saturated heterocycles. The third kappa shape index (κ3) is 6.62. The van der Waals surface area contributed by atoms with Crippen molar-refractivity contribution in [3.05, 3.63) is 35.9 Å². The lowest BCUT2D eigenvalue weighted by Crippen LogP contribution is -2.61. The predicted molar refractivity (Wildman–Crippen MR) is 124 cm³/mol. The van der Waals surface area contributed by atoms with Crippen LogP contribution in [0.25, 0.3) is 0 Å². The fourth-order valence-electron chi connectivity index (χ4n) is 3.96. The summed E-state index contributed by atoms with van der Waals surface area (Å²) >= 11 is 0. The first kappa shape index (κ1) is 27.0. The second kappa shape index (κ2) is 11.2. The van der Waals surface area contributed by atoms with Gasteiger partial charge in [-0.2, -0.15) is 0 Å². The van der Waals surface area contributed by atoms with Crippen molar-refractivity contribution in [2.45, 2.75) is 82.6 Å². The van der Waals surface area contributed by atoms with Crippen LogP contribution in [-0.2, 0) is 30.0 Å². The van der Waals surface area contributed by atoms with Gasteiger partial charge < -0.3 is 28.8 Å². The van der Waals surface area contributed by atoms with Gasteiger partial charge in [0.25, 0.3) is 0 Å². The van der Waals surface area contributed by atoms with E-state index in [0.717, 1.165) is 5.56 Å². The van der Waals surface area contributed by atoms with E-state index in [1.165, 1.54) is 7.11 Å². The minimum atomic E-state index is -2.36. The fraction of sp³-hybridized carbons (Fsp3) is 0.708. The zero-order valence-electron chi connectivity index (χ0n) is 20.3. The number of methoxy groups -OCH3 is 1. The zero-order chi connectivity index (χ0) is 24.0. The molecule has 1 aromatic carbocycles. The number of ether oxygens (including phenoxy) is 3. The molecule has 1 aromatic rings. The average molecular weight is 469 g/mol. The zero-order valence-corrected chi connectivity index (χ0v) is 21.3. The van der Waals surface area contributed by atoms with E-state index in [9.17, 15) is 15.0 Å². The average Bonchev–Trinajstić information content (AvgIpc) is 2.73. The maximum absolute atomic E-state index is 13.1. The summed E-state index contributed by atoms with van der Waals surface area (Å²) in [5, 5.41) is 20.4. The minimum absolute atomic E-state index is 0.0280. The first-order valence-electron chi connectivity index (χ1n) is 11.3. The van der Waals surface area contributed by atoms with Gasteiger partial charge >= 0.3 is 5.97 Å². The molecule has 2 N–H and O–H groups in total. The molecule has 4 atom stereocenters. The van der Waals surface area contributed by atoms with Gasteiger partial charge in [0.05, 0.1) is 25.9 Å². The Morgan fingerprint density at radius 2 is 1.84 bits per heavy atom. The highest BCUT2D eigenvalue weighted by Crippen LogP contribution is 2.46. The van der Waals surface area contributed by atoms with Crippen molar-refractivity contribution in [1.82, 2.24) is 0 Å². The summed E-state index contributed by atoms with van der Waals surface area (Å²) in [6.45, 7) is 10.8. The number of carbonyl (C=O) groups excluding carboxylic acids is 1. The second-order valence-electron chi connectivity index (χ2n) is 10.2. The number of aliphatic hydroxyl groups excluding tert-OH is 2. The van der Waals surface area contributed by atoms with E-state index in [-0.39, 0.29) is 37.2 Å². The number of hydrogen-bond donors (Lipinski definition) is 2. The van der Waals surface area contributed by atoms with Gasteiger partial charge in [0.1, 0.15) is 6.79 Å². The summed E-state index contributed by atoms with van der Waals surface area (Å²) in [7, 11) is -1.01. The maximum Gasteiger partial charge on any atom is 0.337 e. The molecule has 0 aromatic heterocycles. The van der Waals surface area contributed by atoms with Crippen LogP contribution in [0.15, 0.2) is 30.3 Å². The first-order valence-corrected chi connectivity index (χ1v) is 14.2. The summed E-state index contributed by atoms with van der Waals surface area (Å²) in [5.74, 6) is -0.826. The predicted octanol–water partition coefficient (Wildman–Crippen LogP) is 3.63. The second-order valence-corrected chi connectivity index (χ2v) is 14.9. The van der Waals surface area contributed by atoms with Gasteiger partial charge in [-0.1, -0.05) is 51.1 Å². The Labute approximate surface area is 193 Å². The van der Waals surface area contributed by atoms with E-state index in [1.807, 2.05) is 30.3 Å². The van der Waals surface area contributed by atoms with Gasteiger partial charge in [-0.05, 0) is 42.5 Å².